The number of β-amino-alcohol motifs (C(OH)–C–C–N with tert-alkyl or cyclic N) is 2. The van der Waals surface area contributed by atoms with Crippen LogP contribution in [-0.4, -0.2) is 330 Å². The molecule has 0 aromatic heterocycles. The molecular weight excluding hydrogens is 856 g/mol. The number of aliphatic carboxylic acids is 6. The lowest BCUT2D eigenvalue weighted by Crippen LogP contribution is -2.54. The van der Waals surface area contributed by atoms with Crippen LogP contribution in [0.5, 0.6) is 0 Å². The Labute approximate surface area is 371 Å². The molecule has 0 aromatic carbocycles. The predicted molar refractivity (Wildman–Crippen MR) is 223 cm³/mol. The smallest absolute Gasteiger partial charge is 0.320 e. The summed E-state index contributed by atoms with van der Waals surface area (Å²) in [7, 11) is 0. The fourth-order valence-electron chi connectivity index (χ4n) is 7.75. The van der Waals surface area contributed by atoms with E-state index in [1.807, 2.05) is 0 Å². The van der Waals surface area contributed by atoms with E-state index in [4.69, 9.17) is 0 Å². The summed E-state index contributed by atoms with van der Waals surface area (Å²) in [5.74, 6) is -7.31. The Morgan fingerprint density at radius 2 is 0.562 bits per heavy atom. The van der Waals surface area contributed by atoms with E-state index in [0.717, 1.165) is 0 Å². The second-order valence-electron chi connectivity index (χ2n) is 16.3. The molecule has 6 unspecified atom stereocenters. The highest BCUT2D eigenvalue weighted by molar-refractivity contribution is 5.75. The average Bonchev–Trinajstić information content (AvgIpc) is 3.21. The minimum Gasteiger partial charge on any atom is -0.480 e. The summed E-state index contributed by atoms with van der Waals surface area (Å²) in [5.41, 5.74) is 0. The van der Waals surface area contributed by atoms with Crippen LogP contribution in [0.1, 0.15) is 12.8 Å². The lowest BCUT2D eigenvalue weighted by Gasteiger charge is -2.37. The van der Waals surface area contributed by atoms with Crippen LogP contribution in [0, 0.1) is 0 Å². The summed E-state index contributed by atoms with van der Waals surface area (Å²) in [5, 5.41) is 119. The Bertz CT molecular complexity index is 1290. The Hall–Kier alpha value is -3.74. The largest absolute Gasteiger partial charge is 0.480 e. The van der Waals surface area contributed by atoms with E-state index in [9.17, 15) is 90.0 Å². The highest BCUT2D eigenvalue weighted by atomic mass is 16.4. The van der Waals surface area contributed by atoms with Gasteiger partial charge in [-0.3, -0.25) is 68.0 Å². The van der Waals surface area contributed by atoms with Gasteiger partial charge in [-0.25, -0.2) is 0 Å². The van der Waals surface area contributed by atoms with E-state index in [-0.39, 0.29) is 131 Å². The Balaban J connectivity index is 2.42. The minimum absolute atomic E-state index is 0.0242. The molecule has 2 aliphatic rings. The molecule has 2 rings (SSSR count). The fourth-order valence-corrected chi connectivity index (χ4v) is 7.75. The van der Waals surface area contributed by atoms with Crippen molar-refractivity contribution in [2.75, 3.05) is 157 Å². The molecule has 2 fully saturated rings. The zero-order chi connectivity index (χ0) is 47.9. The van der Waals surface area contributed by atoms with Crippen LogP contribution in [0.2, 0.25) is 0 Å². The van der Waals surface area contributed by atoms with E-state index < -0.39 is 112 Å². The van der Waals surface area contributed by atoms with Gasteiger partial charge in [-0.1, -0.05) is 0 Å². The maximum absolute atomic E-state index is 13.0. The predicted octanol–water partition coefficient (Wildman–Crippen LogP) is -7.12. The van der Waals surface area contributed by atoms with Gasteiger partial charge in [-0.2, -0.15) is 0 Å². The molecule has 0 aliphatic carbocycles. The summed E-state index contributed by atoms with van der Waals surface area (Å²) in [6.07, 6.45) is -6.11. The van der Waals surface area contributed by atoms with Gasteiger partial charge in [0.25, 0.3) is 0 Å². The normalized spacial score (nSPS) is 22.0. The van der Waals surface area contributed by atoms with Crippen molar-refractivity contribution < 1.29 is 90.0 Å². The lowest BCUT2D eigenvalue weighted by atomic mass is 10.0. The van der Waals surface area contributed by atoms with Crippen LogP contribution in [-0.2, 0) is 28.8 Å². The van der Waals surface area contributed by atoms with Gasteiger partial charge < -0.3 is 61.3 Å². The van der Waals surface area contributed by atoms with Crippen LogP contribution in [0.25, 0.3) is 0 Å². The molecule has 26 heteroatoms. The van der Waals surface area contributed by atoms with Gasteiger partial charge in [0.05, 0.1) is 51.6 Å². The van der Waals surface area contributed by atoms with Crippen LogP contribution in [0.15, 0.2) is 0 Å². The molecule has 26 nitrogen and oxygen atoms in total. The number of carbonyl (C=O) groups is 6. The van der Waals surface area contributed by atoms with Crippen LogP contribution in [0.4, 0.5) is 0 Å². The van der Waals surface area contributed by atoms with Gasteiger partial charge in [0.1, 0.15) is 24.3 Å². The van der Waals surface area contributed by atoms with Gasteiger partial charge >= 0.3 is 35.8 Å². The van der Waals surface area contributed by atoms with Crippen LogP contribution < -0.4 is 0 Å². The quantitative estimate of drug-likeness (QED) is 0.0453. The highest BCUT2D eigenvalue weighted by Crippen LogP contribution is 2.17. The van der Waals surface area contributed by atoms with Crippen molar-refractivity contribution in [3.05, 3.63) is 0 Å². The molecule has 0 spiro atoms. The summed E-state index contributed by atoms with van der Waals surface area (Å²) >= 11 is 0. The first-order chi connectivity index (χ1) is 30.2. The molecule has 6 atom stereocenters. The maximum atomic E-state index is 13.0. The standard InChI is InChI=1S/C38H70N8O18/c47-25-31(51)29(49)19-39-3-7-41(21-33(53)54)11-15-45(16-12-42(8-4-39)22-34(55)56)27(37(61)62)1-2-28(38(63)64)46-17-13-43(23-35(57)58)9-5-40(20-30(50)32(52)26-48)6-10-44(14-18-46)24-36(59)60/h27-32,47-52H,1-26H2,(H,53,54)(H,55,56)(H,57,58)(H,59,60)(H,61,62)(H,63,64). The number of carboxylic acids is 6. The Kier molecular flexibility index (Phi) is 26.2. The number of carboxylic acid groups (broad SMARTS) is 6. The van der Waals surface area contributed by atoms with Crippen molar-refractivity contribution in [3.8, 4) is 0 Å². The number of rotatable bonds is 23. The third-order valence-electron chi connectivity index (χ3n) is 11.5. The van der Waals surface area contributed by atoms with Crippen molar-refractivity contribution in [2.24, 2.45) is 0 Å². The molecule has 64 heavy (non-hydrogen) atoms. The minimum atomic E-state index is -1.45. The molecule has 2 aliphatic heterocycles. The van der Waals surface area contributed by atoms with E-state index in [1.165, 1.54) is 9.80 Å². The number of hydrogen-bond donors (Lipinski definition) is 12. The van der Waals surface area contributed by atoms with E-state index in [1.54, 1.807) is 29.4 Å². The molecule has 2 saturated heterocycles. The second-order valence-corrected chi connectivity index (χ2v) is 16.3. The van der Waals surface area contributed by atoms with Crippen molar-refractivity contribution in [1.29, 1.82) is 0 Å². The van der Waals surface area contributed by atoms with Crippen molar-refractivity contribution in [3.63, 3.8) is 0 Å². The van der Waals surface area contributed by atoms with E-state index >= 15 is 0 Å². The SMILES string of the molecule is O=C(O)CN1CCN(CC(O)C(O)CO)CCN(CC(=O)O)CCN(C(CCC(C(=O)O)N2CCN(CC(=O)O)CCN(CC(O)C(O)CO)CCN(CC(=O)O)CC2)C(=O)O)CC1. The molecular formula is C38H70N8O18. The number of nitrogens with zero attached hydrogens (tertiary/aromatic N) is 8. The molecule has 0 radical (unpaired) electrons. The highest BCUT2D eigenvalue weighted by Gasteiger charge is 2.33. The third-order valence-corrected chi connectivity index (χ3v) is 11.5. The van der Waals surface area contributed by atoms with Crippen molar-refractivity contribution in [1.82, 2.24) is 39.2 Å². The Morgan fingerprint density at radius 1 is 0.344 bits per heavy atom. The summed E-state index contributed by atoms with van der Waals surface area (Å²) in [4.78, 5) is 86.2. The summed E-state index contributed by atoms with van der Waals surface area (Å²) in [6.45, 7) is -2.33. The molecule has 0 amide bonds. The number of hydrogen-bond acceptors (Lipinski definition) is 20. The van der Waals surface area contributed by atoms with E-state index in [2.05, 4.69) is 0 Å². The first-order valence-corrected chi connectivity index (χ1v) is 21.3. The topological polar surface area (TPSA) is 371 Å². The Morgan fingerprint density at radius 3 is 0.766 bits per heavy atom. The molecule has 0 saturated carbocycles. The van der Waals surface area contributed by atoms with Gasteiger partial charge in [0.2, 0.25) is 0 Å². The van der Waals surface area contributed by atoms with Gasteiger partial charge in [0, 0.05) is 118 Å². The zero-order valence-electron chi connectivity index (χ0n) is 36.2. The first kappa shape index (κ1) is 56.4. The van der Waals surface area contributed by atoms with Crippen LogP contribution >= 0.6 is 0 Å². The molecule has 12 N–H and O–H groups in total. The van der Waals surface area contributed by atoms with Crippen molar-refractivity contribution >= 4 is 35.8 Å². The van der Waals surface area contributed by atoms with Gasteiger partial charge in [-0.15, -0.1) is 0 Å². The van der Waals surface area contributed by atoms with E-state index in [0.29, 0.717) is 0 Å². The van der Waals surface area contributed by atoms with Crippen molar-refractivity contribution in [2.45, 2.75) is 49.3 Å². The second kappa shape index (κ2) is 29.7. The number of aliphatic hydroxyl groups is 6. The average molecular weight is 927 g/mol. The zero-order valence-corrected chi connectivity index (χ0v) is 36.2. The fraction of sp³-hybridized carbons (Fsp3) is 0.842. The molecule has 2 heterocycles. The van der Waals surface area contributed by atoms with Crippen LogP contribution in [0.3, 0.4) is 0 Å². The summed E-state index contributed by atoms with van der Waals surface area (Å²) < 4.78 is 0. The molecule has 0 aromatic rings. The first-order valence-electron chi connectivity index (χ1n) is 21.3. The van der Waals surface area contributed by atoms with Gasteiger partial charge in [0.15, 0.2) is 0 Å². The monoisotopic (exact) mass is 926 g/mol. The summed E-state index contributed by atoms with van der Waals surface area (Å²) in [6, 6.07) is -2.67. The molecule has 0 bridgehead atoms. The maximum Gasteiger partial charge on any atom is 0.320 e. The van der Waals surface area contributed by atoms with Gasteiger partial charge in [-0.05, 0) is 12.8 Å². The molecule has 370 valence electrons. The lowest BCUT2D eigenvalue weighted by molar-refractivity contribution is -0.147. The third kappa shape index (κ3) is 22.0. The number of aliphatic hydroxyl groups excluding tert-OH is 6.